The standard InChI is InChI=1S/C12H8O2/c1-4-5-6-7-8-9-10-11(2)14-12(3)13/h1,11H,2-3H3. The van der Waals surface area contributed by atoms with E-state index < -0.39 is 6.10 Å². The molecule has 0 bridgehead atoms. The van der Waals surface area contributed by atoms with E-state index in [4.69, 9.17) is 11.2 Å². The fourth-order valence-corrected chi connectivity index (χ4v) is 0.546. The summed E-state index contributed by atoms with van der Waals surface area (Å²) in [7, 11) is 0. The molecule has 0 saturated carbocycles. The fourth-order valence-electron chi connectivity index (χ4n) is 0.546. The van der Waals surface area contributed by atoms with Crippen molar-refractivity contribution in [2.24, 2.45) is 0 Å². The van der Waals surface area contributed by atoms with Crippen LogP contribution in [-0.4, -0.2) is 12.1 Å². The molecule has 0 aliphatic rings. The quantitative estimate of drug-likeness (QED) is 0.440. The van der Waals surface area contributed by atoms with E-state index in [0.29, 0.717) is 0 Å². The molecule has 0 aliphatic carbocycles. The molecule has 1 atom stereocenters. The molecule has 0 rings (SSSR count). The van der Waals surface area contributed by atoms with E-state index in [-0.39, 0.29) is 5.97 Å². The van der Waals surface area contributed by atoms with Crippen molar-refractivity contribution in [3.05, 3.63) is 0 Å². The lowest BCUT2D eigenvalue weighted by molar-refractivity contribution is -0.143. The number of hydrogen-bond donors (Lipinski definition) is 0. The summed E-state index contributed by atoms with van der Waals surface area (Å²) in [5.74, 6) is 16.4. The van der Waals surface area contributed by atoms with Gasteiger partial charge in [0.05, 0.1) is 0 Å². The predicted molar refractivity (Wildman–Crippen MR) is 53.4 cm³/mol. The number of carbonyl (C=O) groups is 1. The summed E-state index contributed by atoms with van der Waals surface area (Å²) in [6.07, 6.45) is 4.41. The van der Waals surface area contributed by atoms with Gasteiger partial charge in [-0.3, -0.25) is 4.79 Å². The number of rotatable bonds is 1. The second-order valence-corrected chi connectivity index (χ2v) is 2.17. The molecule has 0 heterocycles. The maximum Gasteiger partial charge on any atom is 0.303 e. The van der Waals surface area contributed by atoms with Crippen molar-refractivity contribution in [2.45, 2.75) is 20.0 Å². The Kier molecular flexibility index (Phi) is 6.16. The van der Waals surface area contributed by atoms with E-state index in [0.717, 1.165) is 0 Å². The molecule has 2 nitrogen and oxygen atoms in total. The Morgan fingerprint density at radius 1 is 1.21 bits per heavy atom. The first-order valence-corrected chi connectivity index (χ1v) is 3.80. The third kappa shape index (κ3) is 7.81. The average Bonchev–Trinajstić information content (AvgIpc) is 2.10. The minimum atomic E-state index is -0.456. The van der Waals surface area contributed by atoms with Crippen molar-refractivity contribution >= 4 is 5.97 Å². The first kappa shape index (κ1) is 11.7. The second kappa shape index (κ2) is 7.36. The molecule has 0 radical (unpaired) electrons. The Morgan fingerprint density at radius 2 is 1.79 bits per heavy atom. The molecule has 0 aromatic rings. The van der Waals surface area contributed by atoms with Crippen LogP contribution >= 0.6 is 0 Å². The fraction of sp³-hybridized carbons (Fsp3) is 0.250. The van der Waals surface area contributed by atoms with Gasteiger partial charge in [0.2, 0.25) is 0 Å². The highest BCUT2D eigenvalue weighted by molar-refractivity contribution is 5.66. The van der Waals surface area contributed by atoms with Crippen LogP contribution < -0.4 is 0 Å². The molecule has 0 saturated heterocycles. The lowest BCUT2D eigenvalue weighted by Gasteiger charge is -2.01. The van der Waals surface area contributed by atoms with Gasteiger partial charge in [0.1, 0.15) is 0 Å². The average molecular weight is 184 g/mol. The van der Waals surface area contributed by atoms with Gasteiger partial charge in [-0.2, -0.15) is 0 Å². The number of hydrogen-bond acceptors (Lipinski definition) is 2. The maximum atomic E-state index is 10.5. The molecule has 0 amide bonds. The van der Waals surface area contributed by atoms with Crippen LogP contribution in [0.1, 0.15) is 13.8 Å². The number of esters is 1. The number of ether oxygens (including phenoxy) is 1. The van der Waals surface area contributed by atoms with Crippen LogP contribution in [-0.2, 0) is 9.53 Å². The molecule has 0 spiro atoms. The second-order valence-electron chi connectivity index (χ2n) is 2.17. The zero-order valence-electron chi connectivity index (χ0n) is 7.97. The highest BCUT2D eigenvalue weighted by atomic mass is 16.5. The maximum absolute atomic E-state index is 10.5. The highest BCUT2D eigenvalue weighted by Crippen LogP contribution is 1.87. The van der Waals surface area contributed by atoms with Crippen LogP contribution in [0.3, 0.4) is 0 Å². The van der Waals surface area contributed by atoms with Crippen LogP contribution in [0.5, 0.6) is 0 Å². The SMILES string of the molecule is C#CC#CC#CC#CC(C)OC(C)=O. The van der Waals surface area contributed by atoms with Crippen LogP contribution in [0.15, 0.2) is 0 Å². The van der Waals surface area contributed by atoms with Crippen molar-refractivity contribution in [1.29, 1.82) is 0 Å². The summed E-state index contributed by atoms with van der Waals surface area (Å²) < 4.78 is 4.73. The summed E-state index contributed by atoms with van der Waals surface area (Å²) in [5.41, 5.74) is 0. The van der Waals surface area contributed by atoms with Gasteiger partial charge in [0.25, 0.3) is 0 Å². The predicted octanol–water partition coefficient (Wildman–Crippen LogP) is 0.581. The lowest BCUT2D eigenvalue weighted by atomic mass is 10.4. The minimum Gasteiger partial charge on any atom is -0.450 e. The summed E-state index contributed by atoms with van der Waals surface area (Å²) in [5, 5.41) is 0. The molecule has 2 heteroatoms. The summed E-state index contributed by atoms with van der Waals surface area (Å²) in [4.78, 5) is 10.5. The smallest absolute Gasteiger partial charge is 0.303 e. The molecule has 0 fully saturated rings. The number of carbonyl (C=O) groups excluding carboxylic acids is 1. The molecule has 1 unspecified atom stereocenters. The first-order chi connectivity index (χ1) is 6.66. The molecule has 0 N–H and O–H groups in total. The monoisotopic (exact) mass is 184 g/mol. The van der Waals surface area contributed by atoms with Gasteiger partial charge >= 0.3 is 5.97 Å². The Balaban J connectivity index is 4.10. The zero-order chi connectivity index (χ0) is 10.8. The summed E-state index contributed by atoms with van der Waals surface area (Å²) in [6.45, 7) is 2.98. The highest BCUT2D eigenvalue weighted by Gasteiger charge is 1.98. The molecule has 68 valence electrons. The Labute approximate surface area is 84.0 Å². The molecule has 14 heavy (non-hydrogen) atoms. The van der Waals surface area contributed by atoms with E-state index in [9.17, 15) is 4.79 Å². The minimum absolute atomic E-state index is 0.369. The third-order valence-electron chi connectivity index (χ3n) is 0.940. The molecular formula is C12H8O2. The van der Waals surface area contributed by atoms with Gasteiger partial charge in [0, 0.05) is 6.92 Å². The van der Waals surface area contributed by atoms with Crippen molar-refractivity contribution in [3.8, 4) is 47.9 Å². The molecule has 0 aliphatic heterocycles. The Hall–Kier alpha value is -2.29. The van der Waals surface area contributed by atoms with Crippen LogP contribution in [0.25, 0.3) is 0 Å². The van der Waals surface area contributed by atoms with Gasteiger partial charge in [-0.25, -0.2) is 0 Å². The molecular weight excluding hydrogens is 176 g/mol. The van der Waals surface area contributed by atoms with Crippen LogP contribution in [0.2, 0.25) is 0 Å². The van der Waals surface area contributed by atoms with Gasteiger partial charge in [-0.05, 0) is 48.4 Å². The topological polar surface area (TPSA) is 26.3 Å². The van der Waals surface area contributed by atoms with Crippen molar-refractivity contribution in [3.63, 3.8) is 0 Å². The summed E-state index contributed by atoms with van der Waals surface area (Å²) in [6, 6.07) is 0. The van der Waals surface area contributed by atoms with Gasteiger partial charge in [0.15, 0.2) is 6.10 Å². The van der Waals surface area contributed by atoms with Crippen molar-refractivity contribution in [2.75, 3.05) is 0 Å². The van der Waals surface area contributed by atoms with Crippen molar-refractivity contribution < 1.29 is 9.53 Å². The largest absolute Gasteiger partial charge is 0.450 e. The number of terminal acetylenes is 1. The van der Waals surface area contributed by atoms with E-state index in [1.807, 2.05) is 0 Å². The molecule has 0 aromatic carbocycles. The lowest BCUT2D eigenvalue weighted by Crippen LogP contribution is -2.09. The first-order valence-electron chi connectivity index (χ1n) is 3.80. The van der Waals surface area contributed by atoms with Crippen LogP contribution in [0, 0.1) is 47.9 Å². The molecule has 0 aromatic heterocycles. The van der Waals surface area contributed by atoms with Gasteiger partial charge in [-0.1, -0.05) is 0 Å². The van der Waals surface area contributed by atoms with E-state index in [1.54, 1.807) is 6.92 Å². The van der Waals surface area contributed by atoms with E-state index >= 15 is 0 Å². The Bertz CT molecular complexity index is 419. The van der Waals surface area contributed by atoms with Gasteiger partial charge in [-0.15, -0.1) is 6.42 Å². The van der Waals surface area contributed by atoms with Gasteiger partial charge < -0.3 is 4.74 Å². The third-order valence-corrected chi connectivity index (χ3v) is 0.940. The summed E-state index contributed by atoms with van der Waals surface area (Å²) >= 11 is 0. The van der Waals surface area contributed by atoms with E-state index in [1.165, 1.54) is 6.92 Å². The Morgan fingerprint density at radius 3 is 2.36 bits per heavy atom. The van der Waals surface area contributed by atoms with E-state index in [2.05, 4.69) is 41.4 Å². The van der Waals surface area contributed by atoms with Crippen molar-refractivity contribution in [1.82, 2.24) is 0 Å². The normalized spacial score (nSPS) is 8.36. The van der Waals surface area contributed by atoms with Crippen LogP contribution in [0.4, 0.5) is 0 Å². The zero-order valence-corrected chi connectivity index (χ0v) is 7.97.